The molecule has 0 amide bonds. The van der Waals surface area contributed by atoms with Crippen LogP contribution in [0.3, 0.4) is 0 Å². The normalized spacial score (nSPS) is 13.3. The van der Waals surface area contributed by atoms with E-state index in [1.54, 1.807) is 11.3 Å². The Morgan fingerprint density at radius 2 is 1.71 bits per heavy atom. The number of hydrogen-bond donors (Lipinski definition) is 1. The lowest BCUT2D eigenvalue weighted by Gasteiger charge is -2.20. The number of alkyl halides is 1. The molecule has 3 heteroatoms. The van der Waals surface area contributed by atoms with E-state index in [2.05, 4.69) is 42.5 Å². The number of rotatable bonds is 3. The summed E-state index contributed by atoms with van der Waals surface area (Å²) in [6.07, 6.45) is 0. The number of thiophene rings is 1. The Balaban J connectivity index is 3.00. The van der Waals surface area contributed by atoms with Crippen LogP contribution in [0.15, 0.2) is 12.1 Å². The molecular weight excluding hydrogens is 307 g/mol. The van der Waals surface area contributed by atoms with Gasteiger partial charge in [0.1, 0.15) is 0 Å². The highest BCUT2D eigenvalue weighted by Gasteiger charge is 2.24. The van der Waals surface area contributed by atoms with Crippen molar-refractivity contribution in [2.24, 2.45) is 0 Å². The first kappa shape index (κ1) is 12.5. The SMILES string of the molecule is CC(C)(O)c1ccc(C(C)(C)CI)s1. The van der Waals surface area contributed by atoms with Gasteiger partial charge in [0.25, 0.3) is 0 Å². The zero-order valence-electron chi connectivity index (χ0n) is 9.10. The number of halogens is 1. The van der Waals surface area contributed by atoms with Gasteiger partial charge >= 0.3 is 0 Å². The second-order valence-corrected chi connectivity index (χ2v) is 6.59. The fraction of sp³-hybridized carbons (Fsp3) is 0.636. The summed E-state index contributed by atoms with van der Waals surface area (Å²) in [7, 11) is 0. The smallest absolute Gasteiger partial charge is 0.0932 e. The molecule has 1 N–H and O–H groups in total. The van der Waals surface area contributed by atoms with Gasteiger partial charge in [0.15, 0.2) is 0 Å². The van der Waals surface area contributed by atoms with Crippen LogP contribution < -0.4 is 0 Å². The third-order valence-corrected chi connectivity index (χ3v) is 5.88. The third kappa shape index (κ3) is 2.70. The molecule has 0 aliphatic heterocycles. The highest BCUT2D eigenvalue weighted by Crippen LogP contribution is 2.35. The van der Waals surface area contributed by atoms with Crippen LogP contribution in [-0.4, -0.2) is 9.53 Å². The van der Waals surface area contributed by atoms with Gasteiger partial charge in [-0.25, -0.2) is 0 Å². The summed E-state index contributed by atoms with van der Waals surface area (Å²) in [5.41, 5.74) is -0.487. The maximum Gasteiger partial charge on any atom is 0.0932 e. The average Bonchev–Trinajstić information content (AvgIpc) is 2.51. The molecule has 0 radical (unpaired) electrons. The van der Waals surface area contributed by atoms with Gasteiger partial charge in [0.05, 0.1) is 5.60 Å². The van der Waals surface area contributed by atoms with Crippen molar-refractivity contribution in [2.75, 3.05) is 4.43 Å². The van der Waals surface area contributed by atoms with Crippen LogP contribution in [0, 0.1) is 0 Å². The van der Waals surface area contributed by atoms with Crippen molar-refractivity contribution in [2.45, 2.75) is 38.7 Å². The fourth-order valence-corrected chi connectivity index (χ4v) is 2.87. The van der Waals surface area contributed by atoms with Crippen LogP contribution in [0.1, 0.15) is 37.4 Å². The maximum atomic E-state index is 9.85. The molecule has 1 aromatic heterocycles. The molecule has 0 aromatic carbocycles. The lowest BCUT2D eigenvalue weighted by Crippen LogP contribution is -2.17. The predicted molar refractivity (Wildman–Crippen MR) is 71.5 cm³/mol. The van der Waals surface area contributed by atoms with Gasteiger partial charge in [0.2, 0.25) is 0 Å². The van der Waals surface area contributed by atoms with E-state index in [4.69, 9.17) is 0 Å². The average molecular weight is 324 g/mol. The van der Waals surface area contributed by atoms with Crippen LogP contribution in [0.5, 0.6) is 0 Å². The number of hydrogen-bond acceptors (Lipinski definition) is 2. The molecule has 0 aliphatic carbocycles. The van der Waals surface area contributed by atoms with E-state index in [-0.39, 0.29) is 5.41 Å². The van der Waals surface area contributed by atoms with E-state index in [1.807, 2.05) is 19.9 Å². The molecule has 0 bridgehead atoms. The van der Waals surface area contributed by atoms with Crippen LogP contribution >= 0.6 is 33.9 Å². The summed E-state index contributed by atoms with van der Waals surface area (Å²) in [6, 6.07) is 4.17. The molecular formula is C11H17IOS. The molecule has 1 heterocycles. The van der Waals surface area contributed by atoms with Crippen LogP contribution in [0.4, 0.5) is 0 Å². The van der Waals surface area contributed by atoms with Crippen molar-refractivity contribution < 1.29 is 5.11 Å². The van der Waals surface area contributed by atoms with Crippen LogP contribution in [-0.2, 0) is 11.0 Å². The minimum atomic E-state index is -0.704. The molecule has 14 heavy (non-hydrogen) atoms. The van der Waals surface area contributed by atoms with Crippen molar-refractivity contribution in [3.05, 3.63) is 21.9 Å². The third-order valence-electron chi connectivity index (χ3n) is 2.21. The Bertz CT molecular complexity index is 309. The Kier molecular flexibility index (Phi) is 3.65. The molecule has 0 saturated carbocycles. The Morgan fingerprint density at radius 1 is 1.21 bits per heavy atom. The molecule has 0 spiro atoms. The van der Waals surface area contributed by atoms with E-state index in [1.165, 1.54) is 4.88 Å². The van der Waals surface area contributed by atoms with Crippen molar-refractivity contribution in [3.63, 3.8) is 0 Å². The highest BCUT2D eigenvalue weighted by molar-refractivity contribution is 14.1. The van der Waals surface area contributed by atoms with Crippen LogP contribution in [0.2, 0.25) is 0 Å². The molecule has 1 aromatic rings. The van der Waals surface area contributed by atoms with Crippen molar-refractivity contribution in [1.29, 1.82) is 0 Å². The molecule has 0 saturated heterocycles. The summed E-state index contributed by atoms with van der Waals surface area (Å²) >= 11 is 4.12. The monoisotopic (exact) mass is 324 g/mol. The molecule has 0 atom stereocenters. The zero-order chi connectivity index (χ0) is 11.0. The summed E-state index contributed by atoms with van der Waals surface area (Å²) < 4.78 is 1.09. The lowest BCUT2D eigenvalue weighted by molar-refractivity contribution is 0.0825. The summed E-state index contributed by atoms with van der Waals surface area (Å²) in [5.74, 6) is 0. The van der Waals surface area contributed by atoms with Crippen LogP contribution in [0.25, 0.3) is 0 Å². The van der Waals surface area contributed by atoms with Crippen molar-refractivity contribution in [1.82, 2.24) is 0 Å². The quantitative estimate of drug-likeness (QED) is 0.664. The van der Waals surface area contributed by atoms with Gasteiger partial charge in [-0.1, -0.05) is 36.4 Å². The Morgan fingerprint density at radius 3 is 2.07 bits per heavy atom. The van der Waals surface area contributed by atoms with Gasteiger partial charge in [-0.2, -0.15) is 0 Å². The lowest BCUT2D eigenvalue weighted by atomic mass is 9.95. The molecule has 1 nitrogen and oxygen atoms in total. The molecule has 0 aliphatic rings. The van der Waals surface area contributed by atoms with Gasteiger partial charge in [0, 0.05) is 19.6 Å². The molecule has 80 valence electrons. The minimum Gasteiger partial charge on any atom is -0.385 e. The standard InChI is InChI=1S/C11H17IOS/c1-10(2,7-12)8-5-6-9(14-8)11(3,4)13/h5-6,13H,7H2,1-4H3. The topological polar surface area (TPSA) is 20.2 Å². The molecule has 0 fully saturated rings. The van der Waals surface area contributed by atoms with Crippen molar-refractivity contribution >= 4 is 33.9 Å². The van der Waals surface area contributed by atoms with Crippen molar-refractivity contribution in [3.8, 4) is 0 Å². The first-order chi connectivity index (χ1) is 6.27. The zero-order valence-corrected chi connectivity index (χ0v) is 12.1. The van der Waals surface area contributed by atoms with E-state index in [0.29, 0.717) is 0 Å². The predicted octanol–water partition coefficient (Wildman–Crippen LogP) is 3.69. The largest absolute Gasteiger partial charge is 0.385 e. The number of aliphatic hydroxyl groups is 1. The van der Waals surface area contributed by atoms with E-state index in [0.717, 1.165) is 9.30 Å². The fourth-order valence-electron chi connectivity index (χ4n) is 1.10. The van der Waals surface area contributed by atoms with E-state index >= 15 is 0 Å². The van der Waals surface area contributed by atoms with Gasteiger partial charge < -0.3 is 5.11 Å². The second-order valence-electron chi connectivity index (χ2n) is 4.74. The van der Waals surface area contributed by atoms with E-state index in [9.17, 15) is 5.11 Å². The van der Waals surface area contributed by atoms with Gasteiger partial charge in [-0.15, -0.1) is 11.3 Å². The summed E-state index contributed by atoms with van der Waals surface area (Å²) in [4.78, 5) is 2.40. The first-order valence-corrected chi connectivity index (χ1v) is 7.01. The summed E-state index contributed by atoms with van der Waals surface area (Å²) in [6.45, 7) is 8.14. The minimum absolute atomic E-state index is 0.217. The summed E-state index contributed by atoms with van der Waals surface area (Å²) in [5, 5.41) is 9.85. The molecule has 1 rings (SSSR count). The second kappa shape index (κ2) is 4.10. The molecule has 0 unspecified atom stereocenters. The maximum absolute atomic E-state index is 9.85. The van der Waals surface area contributed by atoms with E-state index < -0.39 is 5.60 Å². The first-order valence-electron chi connectivity index (χ1n) is 4.66. The van der Waals surface area contributed by atoms with Gasteiger partial charge in [-0.3, -0.25) is 0 Å². The Hall–Kier alpha value is 0.390. The highest BCUT2D eigenvalue weighted by atomic mass is 127. The van der Waals surface area contributed by atoms with Gasteiger partial charge in [-0.05, 0) is 26.0 Å². The Labute approximate surface area is 104 Å².